The maximum atomic E-state index is 12.8. The van der Waals surface area contributed by atoms with Gasteiger partial charge in [-0.05, 0) is 23.1 Å². The molecule has 0 amide bonds. The van der Waals surface area contributed by atoms with Crippen LogP contribution in [0.15, 0.2) is 73.1 Å². The van der Waals surface area contributed by atoms with Crippen LogP contribution in [0.5, 0.6) is 5.75 Å². The van der Waals surface area contributed by atoms with Gasteiger partial charge in [0.15, 0.2) is 0 Å². The van der Waals surface area contributed by atoms with Gasteiger partial charge in [0.1, 0.15) is 11.6 Å². The van der Waals surface area contributed by atoms with Crippen molar-refractivity contribution < 1.29 is 19.4 Å². The van der Waals surface area contributed by atoms with Gasteiger partial charge in [-0.25, -0.2) is 14.5 Å². The van der Waals surface area contributed by atoms with E-state index >= 15 is 0 Å². The number of ether oxygens (including phenoxy) is 1. The first-order chi connectivity index (χ1) is 17.0. The first-order valence-electron chi connectivity index (χ1n) is 11.5. The Labute approximate surface area is 203 Å². The molecule has 8 heteroatoms. The van der Waals surface area contributed by atoms with Gasteiger partial charge in [-0.3, -0.25) is 9.78 Å². The molecule has 2 aromatic carbocycles. The van der Waals surface area contributed by atoms with Crippen LogP contribution < -0.4 is 4.74 Å². The Morgan fingerprint density at radius 2 is 1.77 bits per heavy atom. The second-order valence-electron chi connectivity index (χ2n) is 8.14. The van der Waals surface area contributed by atoms with E-state index in [9.17, 15) is 9.59 Å². The molecule has 0 atom stereocenters. The lowest BCUT2D eigenvalue weighted by atomic mass is 10.0. The number of hydrogen-bond acceptors (Lipinski definition) is 6. The molecule has 0 radical (unpaired) electrons. The molecular weight excluding hydrogens is 444 g/mol. The number of rotatable bonds is 10. The highest BCUT2D eigenvalue weighted by atomic mass is 16.7. The van der Waals surface area contributed by atoms with Crippen LogP contribution in [0.4, 0.5) is 4.79 Å². The number of Topliss-reactive ketones (excluding diaryl/α,β-unsaturated/α-hetero) is 1. The molecule has 8 nitrogen and oxygen atoms in total. The molecule has 2 heterocycles. The zero-order valence-corrected chi connectivity index (χ0v) is 19.4. The molecule has 0 aliphatic carbocycles. The van der Waals surface area contributed by atoms with Crippen molar-refractivity contribution >= 4 is 11.9 Å². The van der Waals surface area contributed by atoms with Gasteiger partial charge < -0.3 is 9.84 Å². The van der Waals surface area contributed by atoms with Crippen LogP contribution in [0.1, 0.15) is 47.3 Å². The summed E-state index contributed by atoms with van der Waals surface area (Å²) in [5.41, 5.74) is 3.27. The molecule has 35 heavy (non-hydrogen) atoms. The van der Waals surface area contributed by atoms with E-state index in [2.05, 4.69) is 22.0 Å². The van der Waals surface area contributed by atoms with Crippen molar-refractivity contribution in [3.05, 3.63) is 95.8 Å². The van der Waals surface area contributed by atoms with Crippen LogP contribution in [-0.2, 0) is 19.4 Å². The van der Waals surface area contributed by atoms with Crippen molar-refractivity contribution in [3.63, 3.8) is 0 Å². The van der Waals surface area contributed by atoms with E-state index in [4.69, 9.17) is 9.84 Å². The van der Waals surface area contributed by atoms with E-state index in [-0.39, 0.29) is 23.8 Å². The molecule has 4 rings (SSSR count). The van der Waals surface area contributed by atoms with Gasteiger partial charge in [0.25, 0.3) is 0 Å². The van der Waals surface area contributed by atoms with Crippen molar-refractivity contribution in [2.75, 3.05) is 0 Å². The van der Waals surface area contributed by atoms with E-state index in [0.717, 1.165) is 41.8 Å². The van der Waals surface area contributed by atoms with Crippen molar-refractivity contribution in [2.24, 2.45) is 0 Å². The minimum absolute atomic E-state index is 0.106. The van der Waals surface area contributed by atoms with Gasteiger partial charge in [0.05, 0.1) is 6.54 Å². The summed E-state index contributed by atoms with van der Waals surface area (Å²) in [6.45, 7) is 2.58. The zero-order valence-electron chi connectivity index (χ0n) is 19.4. The third-order valence-corrected chi connectivity index (χ3v) is 5.53. The van der Waals surface area contributed by atoms with Crippen LogP contribution in [0.25, 0.3) is 11.1 Å². The fourth-order valence-corrected chi connectivity index (χ4v) is 3.74. The van der Waals surface area contributed by atoms with E-state index in [1.54, 1.807) is 10.9 Å². The fraction of sp³-hybridized carbons (Fsp3) is 0.222. The van der Waals surface area contributed by atoms with Crippen molar-refractivity contribution in [1.29, 1.82) is 0 Å². The average Bonchev–Trinajstić information content (AvgIpc) is 3.26. The average molecular weight is 471 g/mol. The van der Waals surface area contributed by atoms with Gasteiger partial charge in [-0.2, -0.15) is 0 Å². The van der Waals surface area contributed by atoms with E-state index in [0.29, 0.717) is 12.1 Å². The first kappa shape index (κ1) is 23.8. The largest absolute Gasteiger partial charge is 0.511 e. The van der Waals surface area contributed by atoms with Crippen molar-refractivity contribution in [2.45, 2.75) is 39.2 Å². The summed E-state index contributed by atoms with van der Waals surface area (Å²) in [4.78, 5) is 32.5. The molecule has 0 saturated heterocycles. The first-order valence-corrected chi connectivity index (χ1v) is 11.5. The van der Waals surface area contributed by atoms with E-state index in [1.165, 1.54) is 12.3 Å². The Morgan fingerprint density at radius 1 is 1.00 bits per heavy atom. The molecule has 0 spiro atoms. The van der Waals surface area contributed by atoms with Crippen LogP contribution in [0, 0.1) is 0 Å². The lowest BCUT2D eigenvalue weighted by Crippen LogP contribution is -2.09. The summed E-state index contributed by atoms with van der Waals surface area (Å²) in [5, 5.41) is 13.5. The lowest BCUT2D eigenvalue weighted by molar-refractivity contribution is 0.0982. The van der Waals surface area contributed by atoms with Gasteiger partial charge in [0, 0.05) is 36.9 Å². The minimum atomic E-state index is -1.38. The monoisotopic (exact) mass is 470 g/mol. The van der Waals surface area contributed by atoms with E-state index in [1.807, 2.05) is 54.6 Å². The molecule has 178 valence electrons. The molecule has 0 aliphatic rings. The lowest BCUT2D eigenvalue weighted by Gasteiger charge is -2.09. The van der Waals surface area contributed by atoms with E-state index < -0.39 is 6.16 Å². The SMILES string of the molecule is CCCCc1nc(C(=O)Cc2ccccc2)nn1Cc1ccc(-c2cnccc2OC(=O)O)cc1. The quantitative estimate of drug-likeness (QED) is 0.250. The zero-order chi connectivity index (χ0) is 24.6. The van der Waals surface area contributed by atoms with Crippen molar-refractivity contribution in [3.8, 4) is 16.9 Å². The summed E-state index contributed by atoms with van der Waals surface area (Å²) < 4.78 is 6.67. The third-order valence-electron chi connectivity index (χ3n) is 5.53. The smallest absolute Gasteiger partial charge is 0.449 e. The molecule has 1 N–H and O–H groups in total. The number of carboxylic acid groups (broad SMARTS) is 1. The Morgan fingerprint density at radius 3 is 2.49 bits per heavy atom. The summed E-state index contributed by atoms with van der Waals surface area (Å²) >= 11 is 0. The summed E-state index contributed by atoms with van der Waals surface area (Å²) in [5.74, 6) is 1.14. The third kappa shape index (κ3) is 6.17. The number of aryl methyl sites for hydroxylation is 1. The molecule has 0 unspecified atom stereocenters. The number of pyridine rings is 1. The highest BCUT2D eigenvalue weighted by Crippen LogP contribution is 2.29. The Balaban J connectivity index is 1.54. The second kappa shape index (κ2) is 11.2. The number of benzene rings is 2. The highest BCUT2D eigenvalue weighted by molar-refractivity contribution is 5.94. The van der Waals surface area contributed by atoms with Crippen LogP contribution in [0.2, 0.25) is 0 Å². The molecular formula is C27H26N4O4. The van der Waals surface area contributed by atoms with Gasteiger partial charge in [-0.15, -0.1) is 5.10 Å². The molecule has 0 bridgehead atoms. The minimum Gasteiger partial charge on any atom is -0.449 e. The number of hydrogen-bond donors (Lipinski definition) is 1. The molecule has 0 fully saturated rings. The topological polar surface area (TPSA) is 107 Å². The van der Waals surface area contributed by atoms with Crippen LogP contribution >= 0.6 is 0 Å². The number of aromatic nitrogens is 4. The summed E-state index contributed by atoms with van der Waals surface area (Å²) in [6, 6.07) is 18.7. The number of carbonyl (C=O) groups excluding carboxylic acids is 1. The highest BCUT2D eigenvalue weighted by Gasteiger charge is 2.17. The van der Waals surface area contributed by atoms with Gasteiger partial charge in [0.2, 0.25) is 11.6 Å². The van der Waals surface area contributed by atoms with Gasteiger partial charge >= 0.3 is 6.16 Å². The predicted octanol–water partition coefficient (Wildman–Crippen LogP) is 5.21. The molecule has 4 aromatic rings. The predicted molar refractivity (Wildman–Crippen MR) is 131 cm³/mol. The number of ketones is 1. The summed E-state index contributed by atoms with van der Waals surface area (Å²) in [7, 11) is 0. The normalized spacial score (nSPS) is 10.8. The second-order valence-corrected chi connectivity index (χ2v) is 8.14. The maximum absolute atomic E-state index is 12.8. The standard InChI is InChI=1S/C27H26N4O4/c1-2-3-9-25-29-26(23(32)16-19-7-5-4-6-8-19)30-31(25)18-20-10-12-21(13-11-20)22-17-28-15-14-24(22)35-27(33)34/h4-8,10-15,17H,2-3,9,16,18H2,1H3,(H,33,34). The fourth-order valence-electron chi connectivity index (χ4n) is 3.74. The number of unbranched alkanes of at least 4 members (excludes halogenated alkanes) is 1. The molecule has 0 saturated carbocycles. The summed E-state index contributed by atoms with van der Waals surface area (Å²) in [6.07, 6.45) is 4.65. The Hall–Kier alpha value is -4.33. The number of carbonyl (C=O) groups is 2. The van der Waals surface area contributed by atoms with Crippen molar-refractivity contribution in [1.82, 2.24) is 19.7 Å². The molecule has 2 aromatic heterocycles. The Kier molecular flexibility index (Phi) is 7.62. The molecule has 0 aliphatic heterocycles. The number of nitrogens with zero attached hydrogens (tertiary/aromatic N) is 4. The Bertz CT molecular complexity index is 1300. The van der Waals surface area contributed by atoms with Crippen LogP contribution in [-0.4, -0.2) is 36.8 Å². The van der Waals surface area contributed by atoms with Crippen LogP contribution in [0.3, 0.4) is 0 Å². The maximum Gasteiger partial charge on any atom is 0.511 e. The van der Waals surface area contributed by atoms with Gasteiger partial charge in [-0.1, -0.05) is 67.9 Å².